The zero-order chi connectivity index (χ0) is 28.3. The Balaban J connectivity index is 1.17. The Morgan fingerprint density at radius 1 is 1.20 bits per heavy atom. The molecule has 2 aliphatic carbocycles. The number of ether oxygens (including phenoxy) is 2. The highest BCUT2D eigenvalue weighted by Gasteiger charge is 2.52. The number of anilines is 1. The number of hydrogen-bond acceptors (Lipinski definition) is 7. The van der Waals surface area contributed by atoms with Gasteiger partial charge in [0.2, 0.25) is 5.91 Å². The van der Waals surface area contributed by atoms with Crippen molar-refractivity contribution in [2.45, 2.75) is 76.7 Å². The predicted molar refractivity (Wildman–Crippen MR) is 146 cm³/mol. The van der Waals surface area contributed by atoms with Crippen LogP contribution < -0.4 is 4.90 Å². The van der Waals surface area contributed by atoms with Crippen molar-refractivity contribution < 1.29 is 28.0 Å². The number of amides is 1. The minimum atomic E-state index is -0.851. The summed E-state index contributed by atoms with van der Waals surface area (Å²) in [5.74, 6) is -1.17. The van der Waals surface area contributed by atoms with Gasteiger partial charge in [0.1, 0.15) is 17.1 Å². The first-order chi connectivity index (χ1) is 19.0. The zero-order valence-electron chi connectivity index (χ0n) is 22.2. The quantitative estimate of drug-likeness (QED) is 0.283. The van der Waals surface area contributed by atoms with Crippen molar-refractivity contribution in [1.82, 2.24) is 10.1 Å². The summed E-state index contributed by atoms with van der Waals surface area (Å²) in [7, 11) is 0. The Kier molecular flexibility index (Phi) is 6.87. The summed E-state index contributed by atoms with van der Waals surface area (Å²) in [6.07, 6.45) is 4.21. The van der Waals surface area contributed by atoms with Crippen LogP contribution in [-0.2, 0) is 20.9 Å². The van der Waals surface area contributed by atoms with Gasteiger partial charge in [0, 0.05) is 29.2 Å². The Hall–Kier alpha value is -3.01. The van der Waals surface area contributed by atoms with E-state index in [1.807, 2.05) is 0 Å². The lowest BCUT2D eigenvalue weighted by Crippen LogP contribution is -2.43. The van der Waals surface area contributed by atoms with Crippen molar-refractivity contribution in [2.24, 2.45) is 5.92 Å². The Morgan fingerprint density at radius 3 is 2.55 bits per heavy atom. The number of hydrogen-bond donors (Lipinski definition) is 0. The van der Waals surface area contributed by atoms with Crippen LogP contribution in [0, 0.1) is 11.7 Å². The van der Waals surface area contributed by atoms with Crippen LogP contribution in [0.3, 0.4) is 0 Å². The molecule has 2 bridgehead atoms. The number of rotatable bonds is 7. The fourth-order valence-electron chi connectivity index (χ4n) is 5.60. The van der Waals surface area contributed by atoms with Crippen LogP contribution in [0.1, 0.15) is 74.2 Å². The minimum Gasteiger partial charge on any atom is -0.455 e. The molecule has 0 spiro atoms. The number of piperidine rings is 1. The summed E-state index contributed by atoms with van der Waals surface area (Å²) < 4.78 is 32.1. The Bertz CT molecular complexity index is 1480. The molecule has 1 aliphatic heterocycles. The fraction of sp³-hybridized carbons (Fsp3) is 0.448. The first-order valence-electron chi connectivity index (χ1n) is 13.3. The van der Waals surface area contributed by atoms with Crippen molar-refractivity contribution in [3.63, 3.8) is 0 Å². The van der Waals surface area contributed by atoms with E-state index in [0.717, 1.165) is 24.2 Å². The molecule has 2 saturated carbocycles. The highest BCUT2D eigenvalue weighted by Crippen LogP contribution is 2.47. The second kappa shape index (κ2) is 10.1. The molecule has 3 aromatic rings. The number of esters is 1. The fourth-order valence-corrected chi connectivity index (χ4v) is 6.18. The molecule has 0 radical (unpaired) electrons. The molecule has 8 nitrogen and oxygen atoms in total. The SMILES string of the molecule is CC(C)(C)OC(=O)c1ncc(N2C(=O)[C@@H]3C[C@H]2C[C@H]3OCc2c(-c3c(Cl)cccc3Cl)noc2C2CC2)cc1F. The van der Waals surface area contributed by atoms with Gasteiger partial charge in [-0.05, 0) is 58.6 Å². The van der Waals surface area contributed by atoms with E-state index in [9.17, 15) is 14.0 Å². The molecule has 3 fully saturated rings. The van der Waals surface area contributed by atoms with Gasteiger partial charge >= 0.3 is 5.97 Å². The smallest absolute Gasteiger partial charge is 0.360 e. The standard InChI is InChI=1S/C29H28Cl2FN3O5/c1-29(2,3)39-28(37)25-21(32)10-16(12-33-25)35-15-9-17(27(35)36)22(11-15)38-13-18-24(34-40-26(18)14-7-8-14)23-19(30)5-4-6-20(23)31/h4-6,10,12,14-15,17,22H,7-9,11,13H2,1-3H3/t15-,17+,22+/m0/s1. The number of pyridine rings is 1. The molecule has 2 aromatic heterocycles. The van der Waals surface area contributed by atoms with E-state index in [2.05, 4.69) is 10.1 Å². The first kappa shape index (κ1) is 27.2. The van der Waals surface area contributed by atoms with Crippen molar-refractivity contribution >= 4 is 40.8 Å². The number of fused-ring (bicyclic) bond motifs is 2. The third kappa shape index (κ3) is 4.99. The summed E-state index contributed by atoms with van der Waals surface area (Å²) in [5.41, 5.74) is 1.07. The van der Waals surface area contributed by atoms with Gasteiger partial charge in [0.05, 0.1) is 40.6 Å². The van der Waals surface area contributed by atoms with Crippen molar-refractivity contribution in [3.05, 3.63) is 63.3 Å². The van der Waals surface area contributed by atoms with E-state index in [4.69, 9.17) is 37.2 Å². The van der Waals surface area contributed by atoms with Gasteiger partial charge in [0.25, 0.3) is 0 Å². The predicted octanol–water partition coefficient (Wildman–Crippen LogP) is 6.73. The number of carbonyl (C=O) groups excluding carboxylic acids is 2. The maximum absolute atomic E-state index is 14.8. The molecule has 1 aromatic carbocycles. The number of carbonyl (C=O) groups is 2. The molecular weight excluding hydrogens is 560 g/mol. The molecule has 3 heterocycles. The van der Waals surface area contributed by atoms with Crippen LogP contribution in [0.15, 0.2) is 35.0 Å². The summed E-state index contributed by atoms with van der Waals surface area (Å²) in [6, 6.07) is 6.27. The summed E-state index contributed by atoms with van der Waals surface area (Å²) in [6.45, 7) is 5.28. The lowest BCUT2D eigenvalue weighted by Gasteiger charge is -2.31. The number of benzene rings is 1. The number of aromatic nitrogens is 2. The van der Waals surface area contributed by atoms with Gasteiger partial charge in [0.15, 0.2) is 11.5 Å². The highest BCUT2D eigenvalue weighted by atomic mass is 35.5. The van der Waals surface area contributed by atoms with Gasteiger partial charge in [-0.1, -0.05) is 34.4 Å². The summed E-state index contributed by atoms with van der Waals surface area (Å²) in [4.78, 5) is 31.2. The maximum atomic E-state index is 14.8. The molecule has 0 N–H and O–H groups in total. The van der Waals surface area contributed by atoms with Crippen molar-refractivity contribution in [3.8, 4) is 11.3 Å². The van der Waals surface area contributed by atoms with Crippen LogP contribution in [0.25, 0.3) is 11.3 Å². The molecule has 0 unspecified atom stereocenters. The van der Waals surface area contributed by atoms with Crippen molar-refractivity contribution in [1.29, 1.82) is 0 Å². The second-order valence-corrected chi connectivity index (χ2v) is 12.4. The molecule has 3 atom stereocenters. The van der Waals surface area contributed by atoms with Crippen LogP contribution in [0.4, 0.5) is 10.1 Å². The van der Waals surface area contributed by atoms with Crippen LogP contribution >= 0.6 is 23.2 Å². The maximum Gasteiger partial charge on any atom is 0.360 e. The van der Waals surface area contributed by atoms with Gasteiger partial charge in [-0.15, -0.1) is 0 Å². The van der Waals surface area contributed by atoms with Crippen LogP contribution in [0.5, 0.6) is 0 Å². The largest absolute Gasteiger partial charge is 0.455 e. The summed E-state index contributed by atoms with van der Waals surface area (Å²) >= 11 is 12.9. The first-order valence-corrected chi connectivity index (χ1v) is 14.0. The number of halogens is 3. The number of nitrogens with zero attached hydrogens (tertiary/aromatic N) is 3. The zero-order valence-corrected chi connectivity index (χ0v) is 23.8. The molecule has 11 heteroatoms. The average molecular weight is 588 g/mol. The molecule has 3 aliphatic rings. The van der Waals surface area contributed by atoms with Crippen LogP contribution in [-0.4, -0.2) is 39.8 Å². The Morgan fingerprint density at radius 2 is 1.93 bits per heavy atom. The monoisotopic (exact) mass is 587 g/mol. The van der Waals surface area contributed by atoms with E-state index in [1.165, 1.54) is 12.3 Å². The molecule has 1 saturated heterocycles. The molecular formula is C29H28Cl2FN3O5. The topological polar surface area (TPSA) is 94.8 Å². The summed E-state index contributed by atoms with van der Waals surface area (Å²) in [5, 5.41) is 5.23. The van der Waals surface area contributed by atoms with E-state index in [0.29, 0.717) is 39.8 Å². The minimum absolute atomic E-state index is 0.158. The molecule has 6 rings (SSSR count). The average Bonchev–Trinajstić information content (AvgIpc) is 3.38. The highest BCUT2D eigenvalue weighted by molar-refractivity contribution is 6.39. The van der Waals surface area contributed by atoms with E-state index in [-0.39, 0.29) is 36.5 Å². The normalized spacial score (nSPS) is 22.3. The van der Waals surface area contributed by atoms with Gasteiger partial charge < -0.3 is 18.9 Å². The van der Waals surface area contributed by atoms with E-state index >= 15 is 0 Å². The molecule has 40 heavy (non-hydrogen) atoms. The van der Waals surface area contributed by atoms with Crippen molar-refractivity contribution in [2.75, 3.05) is 4.90 Å². The van der Waals surface area contributed by atoms with E-state index in [1.54, 1.807) is 43.9 Å². The lowest BCUT2D eigenvalue weighted by molar-refractivity contribution is -0.126. The second-order valence-electron chi connectivity index (χ2n) is 11.6. The molecule has 1 amide bonds. The van der Waals surface area contributed by atoms with Gasteiger partial charge in [-0.3, -0.25) is 4.79 Å². The van der Waals surface area contributed by atoms with E-state index < -0.39 is 23.1 Å². The van der Waals surface area contributed by atoms with Crippen LogP contribution in [0.2, 0.25) is 10.0 Å². The third-order valence-corrected chi connectivity index (χ3v) is 8.13. The van der Waals surface area contributed by atoms with Gasteiger partial charge in [-0.2, -0.15) is 0 Å². The molecule has 210 valence electrons. The third-order valence-electron chi connectivity index (χ3n) is 7.50. The van der Waals surface area contributed by atoms with Gasteiger partial charge in [-0.25, -0.2) is 14.2 Å². The Labute approximate surface area is 240 Å². The lowest BCUT2D eigenvalue weighted by atomic mass is 10.0.